The number of rotatable bonds is 11. The van der Waals surface area contributed by atoms with Gasteiger partial charge in [0.2, 0.25) is 0 Å². The lowest BCUT2D eigenvalue weighted by molar-refractivity contribution is 0.172. The Hall–Kier alpha value is -4.21. The molecule has 1 unspecified atom stereocenters. The monoisotopic (exact) mass is 526 g/mol. The maximum Gasteiger partial charge on any atom is 0.253 e. The van der Waals surface area contributed by atoms with Gasteiger partial charge in [-0.2, -0.15) is 0 Å². The van der Waals surface area contributed by atoms with Crippen molar-refractivity contribution >= 4 is 10.9 Å². The number of benzene rings is 3. The second-order valence-electron chi connectivity index (χ2n) is 9.63. The van der Waals surface area contributed by atoms with Gasteiger partial charge >= 0.3 is 0 Å². The molecule has 0 bridgehead atoms. The van der Waals surface area contributed by atoms with E-state index >= 15 is 0 Å². The van der Waals surface area contributed by atoms with Crippen molar-refractivity contribution in [3.63, 3.8) is 0 Å². The van der Waals surface area contributed by atoms with Crippen LogP contribution in [0.15, 0.2) is 83.7 Å². The topological polar surface area (TPSA) is 88.9 Å². The largest absolute Gasteiger partial charge is 0.383 e. The van der Waals surface area contributed by atoms with E-state index in [-0.39, 0.29) is 11.4 Å². The number of halogens is 1. The molecule has 2 heterocycles. The third-order valence-corrected chi connectivity index (χ3v) is 6.83. The number of hydrogen-bond acceptors (Lipinski definition) is 6. The summed E-state index contributed by atoms with van der Waals surface area (Å²) in [5.41, 5.74) is 4.27. The number of pyridine rings is 1. The Bertz CT molecular complexity index is 1580. The molecule has 0 fully saturated rings. The van der Waals surface area contributed by atoms with E-state index in [4.69, 9.17) is 4.74 Å². The summed E-state index contributed by atoms with van der Waals surface area (Å²) < 4.78 is 20.7. The highest BCUT2D eigenvalue weighted by Gasteiger charge is 2.30. The fraction of sp³-hybridized carbons (Fsp3) is 0.267. The highest BCUT2D eigenvalue weighted by molar-refractivity contribution is 5.79. The van der Waals surface area contributed by atoms with Gasteiger partial charge in [0.15, 0.2) is 5.82 Å². The van der Waals surface area contributed by atoms with Gasteiger partial charge in [-0.1, -0.05) is 54.1 Å². The van der Waals surface area contributed by atoms with Gasteiger partial charge in [0.05, 0.1) is 13.2 Å². The molecule has 1 atom stereocenters. The summed E-state index contributed by atoms with van der Waals surface area (Å²) in [4.78, 5) is 18.9. The van der Waals surface area contributed by atoms with E-state index in [1.165, 1.54) is 17.7 Å². The number of H-pyrrole nitrogens is 1. The molecule has 0 saturated heterocycles. The molecular formula is C30H31FN6O2. The molecule has 3 aromatic carbocycles. The Morgan fingerprint density at radius 3 is 2.59 bits per heavy atom. The summed E-state index contributed by atoms with van der Waals surface area (Å²) in [7, 11) is 1.62. The van der Waals surface area contributed by atoms with E-state index in [1.54, 1.807) is 23.9 Å². The summed E-state index contributed by atoms with van der Waals surface area (Å²) in [6.07, 6.45) is 0.739. The highest BCUT2D eigenvalue weighted by Crippen LogP contribution is 2.29. The lowest BCUT2D eigenvalue weighted by Gasteiger charge is -2.31. The van der Waals surface area contributed by atoms with Gasteiger partial charge in [-0.05, 0) is 70.6 Å². The lowest BCUT2D eigenvalue weighted by Crippen LogP contribution is -2.36. The Morgan fingerprint density at radius 2 is 1.82 bits per heavy atom. The van der Waals surface area contributed by atoms with Gasteiger partial charge in [0.25, 0.3) is 5.56 Å². The molecule has 0 aliphatic heterocycles. The van der Waals surface area contributed by atoms with Crippen LogP contribution in [0.2, 0.25) is 0 Å². The summed E-state index contributed by atoms with van der Waals surface area (Å²) >= 11 is 0. The fourth-order valence-corrected chi connectivity index (χ4v) is 4.83. The third kappa shape index (κ3) is 6.27. The fourth-order valence-electron chi connectivity index (χ4n) is 4.83. The zero-order valence-electron chi connectivity index (χ0n) is 22.0. The molecule has 0 radical (unpaired) electrons. The molecule has 5 rings (SSSR count). The van der Waals surface area contributed by atoms with Crippen LogP contribution in [0.4, 0.5) is 4.39 Å². The Kier molecular flexibility index (Phi) is 8.19. The van der Waals surface area contributed by atoms with Crippen LogP contribution in [0.3, 0.4) is 0 Å². The van der Waals surface area contributed by atoms with E-state index in [2.05, 4.69) is 37.5 Å². The second kappa shape index (κ2) is 12.1. The maximum absolute atomic E-state index is 13.7. The van der Waals surface area contributed by atoms with Gasteiger partial charge < -0.3 is 9.72 Å². The van der Waals surface area contributed by atoms with Crippen LogP contribution in [-0.4, -0.2) is 50.4 Å². The van der Waals surface area contributed by atoms with Crippen LogP contribution in [0, 0.1) is 12.7 Å². The van der Waals surface area contributed by atoms with Crippen molar-refractivity contribution < 1.29 is 9.13 Å². The van der Waals surface area contributed by atoms with Crippen molar-refractivity contribution in [2.45, 2.75) is 32.5 Å². The minimum atomic E-state index is -0.570. The number of hydrogen-bond donors (Lipinski definition) is 1. The smallest absolute Gasteiger partial charge is 0.253 e. The number of ether oxygens (including phenoxy) is 1. The van der Waals surface area contributed by atoms with E-state index in [0.717, 1.165) is 28.5 Å². The van der Waals surface area contributed by atoms with Gasteiger partial charge in [-0.3, -0.25) is 9.69 Å². The minimum absolute atomic E-state index is 0.207. The Balaban J connectivity index is 1.64. The van der Waals surface area contributed by atoms with E-state index < -0.39 is 6.04 Å². The van der Waals surface area contributed by atoms with Crippen LogP contribution in [0.1, 0.15) is 34.1 Å². The van der Waals surface area contributed by atoms with Gasteiger partial charge in [-0.25, -0.2) is 9.07 Å². The third-order valence-electron chi connectivity index (χ3n) is 6.83. The van der Waals surface area contributed by atoms with Crippen molar-refractivity contribution in [3.05, 3.63) is 123 Å². The average molecular weight is 527 g/mol. The van der Waals surface area contributed by atoms with E-state index in [9.17, 15) is 9.18 Å². The normalized spacial score (nSPS) is 12.3. The molecule has 200 valence electrons. The number of aromatic amines is 1. The Labute approximate surface area is 226 Å². The number of aromatic nitrogens is 5. The Morgan fingerprint density at radius 1 is 1.03 bits per heavy atom. The van der Waals surface area contributed by atoms with Crippen LogP contribution >= 0.6 is 0 Å². The first-order chi connectivity index (χ1) is 19.0. The molecule has 1 N–H and O–H groups in total. The molecule has 9 heteroatoms. The average Bonchev–Trinajstić information content (AvgIpc) is 3.40. The molecule has 39 heavy (non-hydrogen) atoms. The first kappa shape index (κ1) is 26.4. The number of methoxy groups -OCH3 is 1. The van der Waals surface area contributed by atoms with Gasteiger partial charge in [0, 0.05) is 31.3 Å². The summed E-state index contributed by atoms with van der Waals surface area (Å²) in [5, 5.41) is 13.5. The van der Waals surface area contributed by atoms with E-state index in [0.29, 0.717) is 37.6 Å². The maximum atomic E-state index is 13.7. The molecule has 0 amide bonds. The zero-order valence-corrected chi connectivity index (χ0v) is 22.0. The van der Waals surface area contributed by atoms with Crippen molar-refractivity contribution in [1.82, 2.24) is 30.1 Å². The molecule has 0 aliphatic rings. The molecule has 2 aromatic heterocycles. The second-order valence-corrected chi connectivity index (χ2v) is 9.63. The SMILES string of the molecule is COCCn1nnnc1C(c1cc2cc(C)ccc2[nH]c1=O)N(CCc1ccccc1)Cc1ccc(F)cc1. The zero-order chi connectivity index (χ0) is 27.2. The number of aryl methyl sites for hydroxylation is 1. The van der Waals surface area contributed by atoms with Crippen LogP contribution in [-0.2, 0) is 24.2 Å². The predicted molar refractivity (Wildman–Crippen MR) is 148 cm³/mol. The number of nitrogens with zero attached hydrogens (tertiary/aromatic N) is 5. The molecule has 0 spiro atoms. The van der Waals surface area contributed by atoms with Gasteiger partial charge in [0.1, 0.15) is 11.9 Å². The molecule has 0 aliphatic carbocycles. The van der Waals surface area contributed by atoms with Crippen LogP contribution in [0.5, 0.6) is 0 Å². The number of fused-ring (bicyclic) bond motifs is 1. The first-order valence-corrected chi connectivity index (χ1v) is 12.9. The predicted octanol–water partition coefficient (Wildman–Crippen LogP) is 4.44. The summed E-state index contributed by atoms with van der Waals surface area (Å²) in [6.45, 7) is 3.94. The molecule has 5 aromatic rings. The quantitative estimate of drug-likeness (QED) is 0.274. The first-order valence-electron chi connectivity index (χ1n) is 12.9. The molecular weight excluding hydrogens is 495 g/mol. The van der Waals surface area contributed by atoms with Crippen molar-refractivity contribution in [3.8, 4) is 0 Å². The van der Waals surface area contributed by atoms with Crippen LogP contribution < -0.4 is 5.56 Å². The lowest BCUT2D eigenvalue weighted by atomic mass is 10.0. The number of nitrogens with one attached hydrogen (secondary N) is 1. The minimum Gasteiger partial charge on any atom is -0.383 e. The van der Waals surface area contributed by atoms with Crippen molar-refractivity contribution in [2.24, 2.45) is 0 Å². The van der Waals surface area contributed by atoms with Gasteiger partial charge in [-0.15, -0.1) is 5.10 Å². The highest BCUT2D eigenvalue weighted by atomic mass is 19.1. The van der Waals surface area contributed by atoms with Crippen molar-refractivity contribution in [1.29, 1.82) is 0 Å². The van der Waals surface area contributed by atoms with Crippen LogP contribution in [0.25, 0.3) is 10.9 Å². The van der Waals surface area contributed by atoms with Crippen molar-refractivity contribution in [2.75, 3.05) is 20.3 Å². The number of tetrazole rings is 1. The van der Waals surface area contributed by atoms with E-state index in [1.807, 2.05) is 49.4 Å². The summed E-state index contributed by atoms with van der Waals surface area (Å²) in [6, 6.07) is 23.9. The standard InChI is InChI=1S/C30H31FN6O2/c1-21-8-13-27-24(18-21)19-26(30(38)32-27)28(29-33-34-35-37(29)16-17-39-2)36(15-14-22-6-4-3-5-7-22)20-23-9-11-25(31)12-10-23/h3-13,18-19,28H,14-17,20H2,1-2H3,(H,32,38). The molecule has 8 nitrogen and oxygen atoms in total. The summed E-state index contributed by atoms with van der Waals surface area (Å²) in [5.74, 6) is 0.246. The molecule has 0 saturated carbocycles.